The first-order valence-corrected chi connectivity index (χ1v) is 6.31. The number of fused-ring (bicyclic) bond motifs is 1. The molecule has 0 aliphatic heterocycles. The first-order chi connectivity index (χ1) is 9.26. The van der Waals surface area contributed by atoms with Crippen LogP contribution in [0.4, 0.5) is 0 Å². The fourth-order valence-electron chi connectivity index (χ4n) is 2.24. The second kappa shape index (κ2) is 4.86. The Labute approximate surface area is 112 Å². The summed E-state index contributed by atoms with van der Waals surface area (Å²) < 4.78 is 5.16. The van der Waals surface area contributed by atoms with Gasteiger partial charge in [0.2, 0.25) is 0 Å². The number of nitrogens with one attached hydrogen (secondary N) is 1. The van der Waals surface area contributed by atoms with Crippen molar-refractivity contribution >= 4 is 11.0 Å². The Morgan fingerprint density at radius 1 is 1.16 bits per heavy atom. The van der Waals surface area contributed by atoms with Gasteiger partial charge in [0.15, 0.2) is 0 Å². The van der Waals surface area contributed by atoms with Crippen LogP contribution in [-0.2, 0) is 11.3 Å². The molecule has 0 fully saturated rings. The number of H-pyrrole nitrogens is 1. The standard InChI is InChI=1S/C16H16N2O/c1-11-6-7-14-15(8-11)18-16(17-14)13-5-3-4-12(9-13)10-19-2/h3-9H,10H2,1-2H3,(H,17,18). The Balaban J connectivity index is 2.05. The highest BCUT2D eigenvalue weighted by Crippen LogP contribution is 2.22. The van der Waals surface area contributed by atoms with Crippen LogP contribution >= 0.6 is 0 Å². The summed E-state index contributed by atoms with van der Waals surface area (Å²) in [6.07, 6.45) is 0. The van der Waals surface area contributed by atoms with Gasteiger partial charge >= 0.3 is 0 Å². The van der Waals surface area contributed by atoms with Gasteiger partial charge in [-0.05, 0) is 36.2 Å². The van der Waals surface area contributed by atoms with Gasteiger partial charge in [0.25, 0.3) is 0 Å². The fraction of sp³-hybridized carbons (Fsp3) is 0.188. The van der Waals surface area contributed by atoms with E-state index in [1.165, 1.54) is 5.56 Å². The third-order valence-electron chi connectivity index (χ3n) is 3.15. The van der Waals surface area contributed by atoms with Crippen LogP contribution in [0.1, 0.15) is 11.1 Å². The molecule has 19 heavy (non-hydrogen) atoms. The lowest BCUT2D eigenvalue weighted by Crippen LogP contribution is -1.88. The molecule has 0 aliphatic rings. The van der Waals surface area contributed by atoms with E-state index in [2.05, 4.69) is 47.2 Å². The van der Waals surface area contributed by atoms with Crippen molar-refractivity contribution in [1.29, 1.82) is 0 Å². The monoisotopic (exact) mass is 252 g/mol. The number of hydrogen-bond acceptors (Lipinski definition) is 2. The summed E-state index contributed by atoms with van der Waals surface area (Å²) in [4.78, 5) is 8.00. The summed E-state index contributed by atoms with van der Waals surface area (Å²) in [5.74, 6) is 0.901. The largest absolute Gasteiger partial charge is 0.380 e. The number of rotatable bonds is 3. The van der Waals surface area contributed by atoms with E-state index in [0.29, 0.717) is 6.61 Å². The number of aromatic amines is 1. The number of nitrogens with zero attached hydrogens (tertiary/aromatic N) is 1. The lowest BCUT2D eigenvalue weighted by Gasteiger charge is -2.01. The van der Waals surface area contributed by atoms with Gasteiger partial charge in [-0.1, -0.05) is 24.3 Å². The third-order valence-corrected chi connectivity index (χ3v) is 3.15. The van der Waals surface area contributed by atoms with E-state index in [1.54, 1.807) is 7.11 Å². The van der Waals surface area contributed by atoms with Crippen LogP contribution in [0.5, 0.6) is 0 Å². The second-order valence-electron chi connectivity index (χ2n) is 4.74. The Hall–Kier alpha value is -2.13. The van der Waals surface area contributed by atoms with E-state index < -0.39 is 0 Å². The molecule has 1 aromatic heterocycles. The maximum absolute atomic E-state index is 5.16. The molecule has 0 saturated heterocycles. The van der Waals surface area contributed by atoms with E-state index in [4.69, 9.17) is 4.74 Å². The molecule has 1 heterocycles. The first-order valence-electron chi connectivity index (χ1n) is 6.31. The van der Waals surface area contributed by atoms with Crippen LogP contribution in [0.15, 0.2) is 42.5 Å². The topological polar surface area (TPSA) is 37.9 Å². The maximum atomic E-state index is 5.16. The summed E-state index contributed by atoms with van der Waals surface area (Å²) in [5.41, 5.74) is 5.54. The van der Waals surface area contributed by atoms with Crippen LogP contribution < -0.4 is 0 Å². The molecule has 3 aromatic rings. The number of benzene rings is 2. The Bertz CT molecular complexity index is 716. The molecule has 1 N–H and O–H groups in total. The van der Waals surface area contributed by atoms with Crippen LogP contribution in [-0.4, -0.2) is 17.1 Å². The molecule has 0 aliphatic carbocycles. The molecule has 0 bridgehead atoms. The van der Waals surface area contributed by atoms with Crippen molar-refractivity contribution in [3.63, 3.8) is 0 Å². The van der Waals surface area contributed by atoms with Crippen LogP contribution in [0.2, 0.25) is 0 Å². The van der Waals surface area contributed by atoms with Gasteiger partial charge in [-0.25, -0.2) is 4.98 Å². The minimum atomic E-state index is 0.618. The highest BCUT2D eigenvalue weighted by Gasteiger charge is 2.06. The van der Waals surface area contributed by atoms with Crippen molar-refractivity contribution in [3.8, 4) is 11.4 Å². The molecular formula is C16H16N2O. The zero-order chi connectivity index (χ0) is 13.2. The number of hydrogen-bond donors (Lipinski definition) is 1. The highest BCUT2D eigenvalue weighted by atomic mass is 16.5. The third kappa shape index (κ3) is 2.37. The van der Waals surface area contributed by atoms with Gasteiger partial charge < -0.3 is 9.72 Å². The average Bonchev–Trinajstić information content (AvgIpc) is 2.82. The molecule has 0 spiro atoms. The van der Waals surface area contributed by atoms with Gasteiger partial charge in [-0.15, -0.1) is 0 Å². The summed E-state index contributed by atoms with van der Waals surface area (Å²) in [6, 6.07) is 14.5. The van der Waals surface area contributed by atoms with Crippen molar-refractivity contribution in [3.05, 3.63) is 53.6 Å². The maximum Gasteiger partial charge on any atom is 0.138 e. The second-order valence-corrected chi connectivity index (χ2v) is 4.74. The van der Waals surface area contributed by atoms with E-state index in [0.717, 1.165) is 28.0 Å². The van der Waals surface area contributed by atoms with Crippen LogP contribution in [0.25, 0.3) is 22.4 Å². The summed E-state index contributed by atoms with van der Waals surface area (Å²) in [5, 5.41) is 0. The van der Waals surface area contributed by atoms with Crippen molar-refractivity contribution in [2.24, 2.45) is 0 Å². The molecular weight excluding hydrogens is 236 g/mol. The molecule has 2 aromatic carbocycles. The zero-order valence-corrected chi connectivity index (χ0v) is 11.1. The van der Waals surface area contributed by atoms with E-state index in [1.807, 2.05) is 12.1 Å². The van der Waals surface area contributed by atoms with Gasteiger partial charge in [-0.2, -0.15) is 0 Å². The minimum absolute atomic E-state index is 0.618. The summed E-state index contributed by atoms with van der Waals surface area (Å²) in [6.45, 7) is 2.70. The lowest BCUT2D eigenvalue weighted by atomic mass is 10.1. The van der Waals surface area contributed by atoms with Crippen molar-refractivity contribution < 1.29 is 4.74 Å². The smallest absolute Gasteiger partial charge is 0.138 e. The summed E-state index contributed by atoms with van der Waals surface area (Å²) in [7, 11) is 1.70. The molecule has 96 valence electrons. The van der Waals surface area contributed by atoms with E-state index in [9.17, 15) is 0 Å². The van der Waals surface area contributed by atoms with Crippen LogP contribution in [0, 0.1) is 6.92 Å². The van der Waals surface area contributed by atoms with E-state index >= 15 is 0 Å². The van der Waals surface area contributed by atoms with Gasteiger partial charge in [-0.3, -0.25) is 0 Å². The molecule has 0 amide bonds. The van der Waals surface area contributed by atoms with Gasteiger partial charge in [0.05, 0.1) is 17.6 Å². The van der Waals surface area contributed by atoms with Gasteiger partial charge in [0, 0.05) is 12.7 Å². The van der Waals surface area contributed by atoms with Crippen molar-refractivity contribution in [1.82, 2.24) is 9.97 Å². The molecule has 0 saturated carbocycles. The Morgan fingerprint density at radius 3 is 2.89 bits per heavy atom. The number of methoxy groups -OCH3 is 1. The highest BCUT2D eigenvalue weighted by molar-refractivity contribution is 5.80. The molecule has 0 atom stereocenters. The van der Waals surface area contributed by atoms with Crippen molar-refractivity contribution in [2.75, 3.05) is 7.11 Å². The average molecular weight is 252 g/mol. The molecule has 3 rings (SSSR count). The zero-order valence-electron chi connectivity index (χ0n) is 11.1. The minimum Gasteiger partial charge on any atom is -0.380 e. The van der Waals surface area contributed by atoms with Gasteiger partial charge in [0.1, 0.15) is 5.82 Å². The predicted octanol–water partition coefficient (Wildman–Crippen LogP) is 3.68. The number of ether oxygens (including phenoxy) is 1. The predicted molar refractivity (Wildman–Crippen MR) is 77.0 cm³/mol. The fourth-order valence-corrected chi connectivity index (χ4v) is 2.24. The Kier molecular flexibility index (Phi) is 3.05. The van der Waals surface area contributed by atoms with Crippen LogP contribution in [0.3, 0.4) is 0 Å². The van der Waals surface area contributed by atoms with E-state index in [-0.39, 0.29) is 0 Å². The van der Waals surface area contributed by atoms with Crippen molar-refractivity contribution in [2.45, 2.75) is 13.5 Å². The SMILES string of the molecule is COCc1cccc(-c2nc3ccc(C)cc3[nH]2)c1. The number of aromatic nitrogens is 2. The molecule has 0 radical (unpaired) electrons. The number of aryl methyl sites for hydroxylation is 1. The quantitative estimate of drug-likeness (QED) is 0.772. The Morgan fingerprint density at radius 2 is 2.05 bits per heavy atom. The molecule has 3 nitrogen and oxygen atoms in total. The molecule has 3 heteroatoms. The lowest BCUT2D eigenvalue weighted by molar-refractivity contribution is 0.185. The summed E-state index contributed by atoms with van der Waals surface area (Å²) >= 11 is 0. The first kappa shape index (κ1) is 11.9. The normalized spacial score (nSPS) is 11.1. The number of imidazole rings is 1. The molecule has 0 unspecified atom stereocenters.